The summed E-state index contributed by atoms with van der Waals surface area (Å²) in [5, 5.41) is 19.0. The Morgan fingerprint density at radius 3 is 3.00 bits per heavy atom. The van der Waals surface area contributed by atoms with Gasteiger partial charge in [0.15, 0.2) is 10.8 Å². The molecule has 0 amide bonds. The monoisotopic (exact) mass is 271 g/mol. The van der Waals surface area contributed by atoms with Crippen molar-refractivity contribution in [1.82, 2.24) is 19.5 Å². The maximum Gasteiger partial charge on any atom is 0.166 e. The molecule has 7 nitrogen and oxygen atoms in total. The quantitative estimate of drug-likeness (QED) is 0.754. The predicted molar refractivity (Wildman–Crippen MR) is 62.0 cm³/mol. The van der Waals surface area contributed by atoms with Crippen molar-refractivity contribution in [3.05, 3.63) is 17.8 Å². The number of nitrogens with zero attached hydrogens (tertiary/aromatic N) is 4. The SMILES string of the molecule is OC[C@H]1O[C@@H](n2c[15n]c3c(Cl)ncnc32)C[C@@H]1O. The number of rotatable bonds is 2. The van der Waals surface area contributed by atoms with Gasteiger partial charge in [-0.3, -0.25) is 4.57 Å². The van der Waals surface area contributed by atoms with Crippen molar-refractivity contribution in [2.45, 2.75) is 24.9 Å². The highest BCUT2D eigenvalue weighted by atomic mass is 35.5. The Kier molecular flexibility index (Phi) is 2.90. The van der Waals surface area contributed by atoms with Crippen molar-refractivity contribution in [3.63, 3.8) is 0 Å². The van der Waals surface area contributed by atoms with Crippen LogP contribution in [0.15, 0.2) is 12.7 Å². The van der Waals surface area contributed by atoms with Gasteiger partial charge in [0.2, 0.25) is 0 Å². The van der Waals surface area contributed by atoms with Gasteiger partial charge in [0.1, 0.15) is 24.2 Å². The molecule has 0 bridgehead atoms. The van der Waals surface area contributed by atoms with Gasteiger partial charge in [0.05, 0.1) is 19.0 Å². The molecule has 0 spiro atoms. The normalized spacial score (nSPS) is 28.1. The zero-order valence-corrected chi connectivity index (χ0v) is 10.0. The molecule has 1 fully saturated rings. The summed E-state index contributed by atoms with van der Waals surface area (Å²) in [7, 11) is 0. The van der Waals surface area contributed by atoms with E-state index in [0.717, 1.165) is 0 Å². The van der Waals surface area contributed by atoms with Gasteiger partial charge in [-0.2, -0.15) is 0 Å². The number of fused-ring (bicyclic) bond motifs is 1. The highest BCUT2D eigenvalue weighted by molar-refractivity contribution is 6.33. The molecule has 3 heterocycles. The lowest BCUT2D eigenvalue weighted by Crippen LogP contribution is -2.24. The molecule has 1 aliphatic heterocycles. The van der Waals surface area contributed by atoms with Gasteiger partial charge >= 0.3 is 0 Å². The maximum atomic E-state index is 9.71. The standard InChI is InChI=1S/C10H11ClN4O3/c11-9-8-10(13-3-12-9)15(4-14-8)7-1-5(17)6(2-16)18-7/h3-7,16-17H,1-2H2/t5-,6+,7+/m0/s1/i14+1. The third-order valence-electron chi connectivity index (χ3n) is 3.01. The van der Waals surface area contributed by atoms with Crippen LogP contribution >= 0.6 is 11.6 Å². The highest BCUT2D eigenvalue weighted by Crippen LogP contribution is 2.31. The minimum absolute atomic E-state index is 0.222. The van der Waals surface area contributed by atoms with E-state index in [9.17, 15) is 5.11 Å². The molecule has 3 atom stereocenters. The lowest BCUT2D eigenvalue weighted by molar-refractivity contribution is -0.0432. The summed E-state index contributed by atoms with van der Waals surface area (Å²) in [6.45, 7) is -0.222. The van der Waals surface area contributed by atoms with Gasteiger partial charge in [-0.05, 0) is 0 Å². The number of halogens is 1. The van der Waals surface area contributed by atoms with E-state index < -0.39 is 18.4 Å². The number of ether oxygens (including phenoxy) is 1. The summed E-state index contributed by atoms with van der Waals surface area (Å²) < 4.78 is 7.22. The Balaban J connectivity index is 1.99. The topological polar surface area (TPSA) is 93.3 Å². The molecule has 0 saturated carbocycles. The molecule has 96 valence electrons. The first-order valence-corrected chi connectivity index (χ1v) is 5.86. The average Bonchev–Trinajstić information content (AvgIpc) is 2.93. The molecule has 0 aliphatic carbocycles. The molecular weight excluding hydrogens is 261 g/mol. The number of hydrogen-bond donors (Lipinski definition) is 2. The van der Waals surface area contributed by atoms with E-state index in [1.54, 1.807) is 10.9 Å². The second-order valence-electron chi connectivity index (χ2n) is 4.10. The fourth-order valence-corrected chi connectivity index (χ4v) is 2.26. The molecular formula is C10H11ClN4O3. The van der Waals surface area contributed by atoms with Crippen LogP contribution in [0.4, 0.5) is 0 Å². The number of imidazole rings is 1. The second-order valence-corrected chi connectivity index (χ2v) is 4.46. The predicted octanol–water partition coefficient (Wildman–Crippen LogP) is 0.120. The first kappa shape index (κ1) is 11.8. The molecule has 2 N–H and O–H groups in total. The van der Waals surface area contributed by atoms with Crippen molar-refractivity contribution in [3.8, 4) is 0 Å². The Hall–Kier alpha value is -1.28. The molecule has 8 heteroatoms. The first-order chi connectivity index (χ1) is 8.70. The van der Waals surface area contributed by atoms with Crippen molar-refractivity contribution in [2.24, 2.45) is 0 Å². The van der Waals surface area contributed by atoms with Crippen LogP contribution in [0, 0.1) is 0 Å². The van der Waals surface area contributed by atoms with Crippen molar-refractivity contribution in [2.75, 3.05) is 6.61 Å². The minimum Gasteiger partial charge on any atom is -0.394 e. The molecule has 2 aromatic heterocycles. The fraction of sp³-hybridized carbons (Fsp3) is 0.500. The minimum atomic E-state index is -0.699. The van der Waals surface area contributed by atoms with Crippen LogP contribution in [0.1, 0.15) is 12.6 Å². The fourth-order valence-electron chi connectivity index (χ4n) is 2.08. The largest absolute Gasteiger partial charge is 0.394 e. The Morgan fingerprint density at radius 1 is 1.44 bits per heavy atom. The molecule has 18 heavy (non-hydrogen) atoms. The molecule has 1 saturated heterocycles. The molecule has 0 unspecified atom stereocenters. The van der Waals surface area contributed by atoms with Gasteiger partial charge in [-0.1, -0.05) is 11.6 Å². The second kappa shape index (κ2) is 4.43. The summed E-state index contributed by atoms with van der Waals surface area (Å²) >= 11 is 5.90. The van der Waals surface area contributed by atoms with E-state index in [-0.39, 0.29) is 11.8 Å². The van der Waals surface area contributed by atoms with Gasteiger partial charge in [0.25, 0.3) is 0 Å². The zero-order chi connectivity index (χ0) is 12.7. The van der Waals surface area contributed by atoms with Crippen LogP contribution in [0.3, 0.4) is 0 Å². The number of hydrogen-bond acceptors (Lipinski definition) is 6. The van der Waals surface area contributed by atoms with Crippen molar-refractivity contribution < 1.29 is 14.9 Å². The maximum absolute atomic E-state index is 9.71. The number of aliphatic hydroxyl groups excluding tert-OH is 2. The molecule has 3 rings (SSSR count). The van der Waals surface area contributed by atoms with E-state index in [1.165, 1.54) is 6.33 Å². The van der Waals surface area contributed by atoms with Gasteiger partial charge in [0, 0.05) is 6.42 Å². The van der Waals surface area contributed by atoms with Crippen LogP contribution in [0.2, 0.25) is 5.15 Å². The van der Waals surface area contributed by atoms with Crippen molar-refractivity contribution in [1.29, 1.82) is 0 Å². The summed E-state index contributed by atoms with van der Waals surface area (Å²) in [6.07, 6.45) is 1.57. The zero-order valence-electron chi connectivity index (χ0n) is 9.27. The lowest BCUT2D eigenvalue weighted by atomic mass is 10.2. The van der Waals surface area contributed by atoms with E-state index >= 15 is 0 Å². The van der Waals surface area contributed by atoms with Crippen LogP contribution in [-0.4, -0.2) is 48.5 Å². The summed E-state index contributed by atoms with van der Waals surface area (Å²) in [5.41, 5.74) is 1.04. The molecule has 0 radical (unpaired) electrons. The van der Waals surface area contributed by atoms with E-state index in [4.69, 9.17) is 21.4 Å². The first-order valence-electron chi connectivity index (χ1n) is 5.48. The van der Waals surface area contributed by atoms with Crippen LogP contribution in [-0.2, 0) is 4.74 Å². The van der Waals surface area contributed by atoms with Crippen LogP contribution in [0.25, 0.3) is 11.2 Å². The summed E-state index contributed by atoms with van der Waals surface area (Å²) in [5.74, 6) is 0. The third-order valence-corrected chi connectivity index (χ3v) is 3.29. The van der Waals surface area contributed by atoms with Crippen LogP contribution < -0.4 is 0 Å². The average molecular weight is 272 g/mol. The molecule has 0 aromatic carbocycles. The Labute approximate surface area is 107 Å². The molecule has 2 aromatic rings. The Morgan fingerprint density at radius 2 is 2.28 bits per heavy atom. The van der Waals surface area contributed by atoms with Crippen molar-refractivity contribution >= 4 is 22.8 Å². The summed E-state index contributed by atoms with van der Waals surface area (Å²) in [4.78, 5) is 12.1. The van der Waals surface area contributed by atoms with E-state index in [1.807, 2.05) is 0 Å². The van der Waals surface area contributed by atoms with Gasteiger partial charge in [-0.25, -0.2) is 15.0 Å². The van der Waals surface area contributed by atoms with E-state index in [0.29, 0.717) is 17.6 Å². The Bertz CT molecular complexity index is 575. The molecule has 1 aliphatic rings. The van der Waals surface area contributed by atoms with Gasteiger partial charge < -0.3 is 14.9 Å². The van der Waals surface area contributed by atoms with Crippen LogP contribution in [0.5, 0.6) is 0 Å². The van der Waals surface area contributed by atoms with E-state index in [2.05, 4.69) is 15.0 Å². The van der Waals surface area contributed by atoms with Gasteiger partial charge in [-0.15, -0.1) is 0 Å². The number of aromatic nitrogens is 4. The smallest absolute Gasteiger partial charge is 0.166 e. The lowest BCUT2D eigenvalue weighted by Gasteiger charge is -2.13. The summed E-state index contributed by atoms with van der Waals surface area (Å²) in [6, 6.07) is 0. The highest BCUT2D eigenvalue weighted by Gasteiger charge is 2.35. The third kappa shape index (κ3) is 1.76. The number of aliphatic hydroxyl groups is 2.